The van der Waals surface area contributed by atoms with Gasteiger partial charge in [0.1, 0.15) is 11.4 Å². The Balaban J connectivity index is 2.70. The largest absolute Gasteiger partial charge is 0.444 e. The van der Waals surface area contributed by atoms with Crippen LogP contribution in [-0.4, -0.2) is 30.0 Å². The first-order valence-electron chi connectivity index (χ1n) is 8.77. The first-order valence-corrected chi connectivity index (χ1v) is 8.77. The molecule has 0 saturated heterocycles. The molecule has 0 bridgehead atoms. The van der Waals surface area contributed by atoms with Crippen LogP contribution in [0.5, 0.6) is 5.75 Å². The number of rotatable bonds is 7. The SMILES string of the molecule is CC(=O)c1ccc(OC(=O)[C@@H](CNC(=O)OC(C)(C)C)CC(C)C)cc1. The van der Waals surface area contributed by atoms with Crippen molar-refractivity contribution in [2.75, 3.05) is 6.54 Å². The number of Topliss-reactive ketones (excluding diaryl/α,β-unsaturated/α-hetero) is 1. The zero-order valence-corrected chi connectivity index (χ0v) is 16.4. The quantitative estimate of drug-likeness (QED) is 0.450. The second kappa shape index (κ2) is 9.36. The van der Waals surface area contributed by atoms with Gasteiger partial charge in [-0.05, 0) is 64.3 Å². The molecule has 26 heavy (non-hydrogen) atoms. The number of alkyl carbamates (subject to hydrolysis) is 1. The molecule has 144 valence electrons. The van der Waals surface area contributed by atoms with Crippen molar-refractivity contribution in [3.05, 3.63) is 29.8 Å². The van der Waals surface area contributed by atoms with E-state index in [2.05, 4.69) is 5.32 Å². The van der Waals surface area contributed by atoms with Crippen LogP contribution in [0.15, 0.2) is 24.3 Å². The first kappa shape index (κ1) is 21.7. The number of carbonyl (C=O) groups is 3. The Morgan fingerprint density at radius 1 is 1.08 bits per heavy atom. The molecule has 1 rings (SSSR count). The van der Waals surface area contributed by atoms with Crippen LogP contribution in [-0.2, 0) is 9.53 Å². The summed E-state index contributed by atoms with van der Waals surface area (Å²) in [5, 5.41) is 2.63. The smallest absolute Gasteiger partial charge is 0.407 e. The van der Waals surface area contributed by atoms with Crippen molar-refractivity contribution in [2.24, 2.45) is 11.8 Å². The fourth-order valence-corrected chi connectivity index (χ4v) is 2.31. The Kier molecular flexibility index (Phi) is 7.80. The summed E-state index contributed by atoms with van der Waals surface area (Å²) in [5.41, 5.74) is -0.0496. The normalized spacial score (nSPS) is 12.4. The molecule has 0 unspecified atom stereocenters. The van der Waals surface area contributed by atoms with Gasteiger partial charge in [0.25, 0.3) is 0 Å². The van der Waals surface area contributed by atoms with Crippen molar-refractivity contribution in [3.63, 3.8) is 0 Å². The summed E-state index contributed by atoms with van der Waals surface area (Å²) in [6, 6.07) is 6.40. The second-order valence-electron chi connectivity index (χ2n) is 7.71. The molecule has 1 N–H and O–H groups in total. The third-order valence-corrected chi connectivity index (χ3v) is 3.46. The summed E-state index contributed by atoms with van der Waals surface area (Å²) in [6.45, 7) is 10.9. The highest BCUT2D eigenvalue weighted by Crippen LogP contribution is 2.18. The molecule has 1 atom stereocenters. The monoisotopic (exact) mass is 363 g/mol. The van der Waals surface area contributed by atoms with E-state index >= 15 is 0 Å². The van der Waals surface area contributed by atoms with Gasteiger partial charge in [-0.1, -0.05) is 13.8 Å². The van der Waals surface area contributed by atoms with Crippen molar-refractivity contribution in [1.82, 2.24) is 5.32 Å². The molecule has 0 aliphatic carbocycles. The average molecular weight is 363 g/mol. The number of benzene rings is 1. The van der Waals surface area contributed by atoms with E-state index in [0.29, 0.717) is 17.7 Å². The van der Waals surface area contributed by atoms with E-state index in [4.69, 9.17) is 9.47 Å². The van der Waals surface area contributed by atoms with Gasteiger partial charge in [0.05, 0.1) is 5.92 Å². The fourth-order valence-electron chi connectivity index (χ4n) is 2.31. The summed E-state index contributed by atoms with van der Waals surface area (Å²) >= 11 is 0. The third-order valence-electron chi connectivity index (χ3n) is 3.46. The van der Waals surface area contributed by atoms with Crippen molar-refractivity contribution in [3.8, 4) is 5.75 Å². The summed E-state index contributed by atoms with van der Waals surface area (Å²) in [5.74, 6) is -0.346. The standard InChI is InChI=1S/C20H29NO5/c1-13(2)11-16(12-21-19(24)26-20(4,5)6)18(23)25-17-9-7-15(8-10-17)14(3)22/h7-10,13,16H,11-12H2,1-6H3,(H,21,24)/t16-/m1/s1. The highest BCUT2D eigenvalue weighted by molar-refractivity contribution is 5.94. The van der Waals surface area contributed by atoms with E-state index in [1.807, 2.05) is 13.8 Å². The Morgan fingerprint density at radius 3 is 2.12 bits per heavy atom. The van der Waals surface area contributed by atoms with E-state index < -0.39 is 23.6 Å². The lowest BCUT2D eigenvalue weighted by Crippen LogP contribution is -2.38. The minimum absolute atomic E-state index is 0.0536. The van der Waals surface area contributed by atoms with Crippen molar-refractivity contribution in [1.29, 1.82) is 0 Å². The number of carbonyl (C=O) groups excluding carboxylic acids is 3. The number of ether oxygens (including phenoxy) is 2. The summed E-state index contributed by atoms with van der Waals surface area (Å²) in [6.07, 6.45) is 0.00467. The van der Waals surface area contributed by atoms with Crippen LogP contribution in [0.1, 0.15) is 58.3 Å². The van der Waals surface area contributed by atoms with Gasteiger partial charge in [-0.3, -0.25) is 9.59 Å². The molecular weight excluding hydrogens is 334 g/mol. The maximum Gasteiger partial charge on any atom is 0.407 e. The Bertz CT molecular complexity index is 629. The predicted molar refractivity (Wildman–Crippen MR) is 99.3 cm³/mol. The van der Waals surface area contributed by atoms with E-state index in [1.165, 1.54) is 6.92 Å². The van der Waals surface area contributed by atoms with Crippen molar-refractivity contribution < 1.29 is 23.9 Å². The molecule has 1 amide bonds. The summed E-state index contributed by atoms with van der Waals surface area (Å²) in [4.78, 5) is 35.6. The highest BCUT2D eigenvalue weighted by Gasteiger charge is 2.24. The maximum atomic E-state index is 12.5. The average Bonchev–Trinajstić information content (AvgIpc) is 2.49. The van der Waals surface area contributed by atoms with Gasteiger partial charge in [0, 0.05) is 12.1 Å². The van der Waals surface area contributed by atoms with Crippen LogP contribution in [0.4, 0.5) is 4.79 Å². The van der Waals surface area contributed by atoms with E-state index in [0.717, 1.165) is 0 Å². The third kappa shape index (κ3) is 8.14. The van der Waals surface area contributed by atoms with Crippen LogP contribution in [0, 0.1) is 11.8 Å². The number of hydrogen-bond acceptors (Lipinski definition) is 5. The molecule has 0 spiro atoms. The summed E-state index contributed by atoms with van der Waals surface area (Å²) in [7, 11) is 0. The van der Waals surface area contributed by atoms with Crippen LogP contribution in [0.3, 0.4) is 0 Å². The van der Waals surface area contributed by atoms with Crippen molar-refractivity contribution >= 4 is 17.8 Å². The zero-order chi connectivity index (χ0) is 19.9. The number of esters is 1. The minimum Gasteiger partial charge on any atom is -0.444 e. The van der Waals surface area contributed by atoms with Crippen LogP contribution in [0.25, 0.3) is 0 Å². The Labute approximate surface area is 155 Å². The lowest BCUT2D eigenvalue weighted by atomic mass is 9.97. The van der Waals surface area contributed by atoms with Gasteiger partial charge in [0.2, 0.25) is 0 Å². The minimum atomic E-state index is -0.601. The second-order valence-corrected chi connectivity index (χ2v) is 7.71. The Hall–Kier alpha value is -2.37. The molecule has 6 heteroatoms. The molecule has 0 heterocycles. The topological polar surface area (TPSA) is 81.7 Å². The maximum absolute atomic E-state index is 12.5. The fraction of sp³-hybridized carbons (Fsp3) is 0.550. The number of hydrogen-bond donors (Lipinski definition) is 1. The molecule has 0 aromatic heterocycles. The highest BCUT2D eigenvalue weighted by atomic mass is 16.6. The number of ketones is 1. The molecule has 0 radical (unpaired) electrons. The molecule has 0 fully saturated rings. The van der Waals surface area contributed by atoms with E-state index in [1.54, 1.807) is 45.0 Å². The number of amides is 1. The van der Waals surface area contributed by atoms with Gasteiger partial charge in [0.15, 0.2) is 5.78 Å². The van der Waals surface area contributed by atoms with Crippen LogP contribution >= 0.6 is 0 Å². The van der Waals surface area contributed by atoms with Gasteiger partial charge >= 0.3 is 12.1 Å². The van der Waals surface area contributed by atoms with Crippen LogP contribution < -0.4 is 10.1 Å². The molecule has 0 aliphatic rings. The van der Waals surface area contributed by atoms with Crippen LogP contribution in [0.2, 0.25) is 0 Å². The molecule has 0 aliphatic heterocycles. The van der Waals surface area contributed by atoms with Gasteiger partial charge < -0.3 is 14.8 Å². The van der Waals surface area contributed by atoms with E-state index in [-0.39, 0.29) is 18.2 Å². The molecular formula is C20H29NO5. The summed E-state index contributed by atoms with van der Waals surface area (Å²) < 4.78 is 10.6. The van der Waals surface area contributed by atoms with Gasteiger partial charge in [-0.15, -0.1) is 0 Å². The first-order chi connectivity index (χ1) is 12.0. The zero-order valence-electron chi connectivity index (χ0n) is 16.4. The van der Waals surface area contributed by atoms with E-state index in [9.17, 15) is 14.4 Å². The molecule has 6 nitrogen and oxygen atoms in total. The number of nitrogens with one attached hydrogen (secondary N) is 1. The molecule has 1 aromatic rings. The lowest BCUT2D eigenvalue weighted by Gasteiger charge is -2.22. The molecule has 0 saturated carbocycles. The Morgan fingerprint density at radius 2 is 1.65 bits per heavy atom. The molecule has 1 aromatic carbocycles. The lowest BCUT2D eigenvalue weighted by molar-refractivity contribution is -0.139. The van der Waals surface area contributed by atoms with Gasteiger partial charge in [-0.2, -0.15) is 0 Å². The predicted octanol–water partition coefficient (Wildman–Crippen LogP) is 3.98. The van der Waals surface area contributed by atoms with Crippen molar-refractivity contribution in [2.45, 2.75) is 53.6 Å². The van der Waals surface area contributed by atoms with Gasteiger partial charge in [-0.25, -0.2) is 4.79 Å².